The van der Waals surface area contributed by atoms with Gasteiger partial charge in [-0.3, -0.25) is 19.3 Å². The Morgan fingerprint density at radius 1 is 1.03 bits per heavy atom. The summed E-state index contributed by atoms with van der Waals surface area (Å²) < 4.78 is 18.1. The monoisotopic (exact) mass is 599 g/mol. The van der Waals surface area contributed by atoms with Gasteiger partial charge in [0.05, 0.1) is 26.0 Å². The third-order valence-electron chi connectivity index (χ3n) is 5.83. The normalized spacial score (nSPS) is 14.5. The van der Waals surface area contributed by atoms with Crippen LogP contribution >= 0.6 is 28.1 Å². The number of rotatable bonds is 9. The molecular formula is C27H26BrN3O6S. The van der Waals surface area contributed by atoms with Gasteiger partial charge in [-0.15, -0.1) is 0 Å². The molecule has 0 atom stereocenters. The van der Waals surface area contributed by atoms with Gasteiger partial charge in [-0.05, 0) is 74.6 Å². The highest BCUT2D eigenvalue weighted by atomic mass is 79.9. The standard InChI is InChI=1S/C27H26BrN3O6S/c1-4-36-20-9-7-19(8-10-20)31-26(34)23(30(27(31)38)16-24(32)35-3)12-17-14-29(15-25(33)37-5-2)22-11-6-18(28)13-21(17)22/h6-14H,4-5,15-16H2,1-3H3/b23-12-. The molecule has 0 spiro atoms. The quantitative estimate of drug-likeness (QED) is 0.201. The highest BCUT2D eigenvalue weighted by Gasteiger charge is 2.40. The second-order valence-electron chi connectivity index (χ2n) is 8.22. The van der Waals surface area contributed by atoms with Gasteiger partial charge in [-0.1, -0.05) is 15.9 Å². The first-order valence-electron chi connectivity index (χ1n) is 11.9. The number of amides is 1. The van der Waals surface area contributed by atoms with Crippen molar-refractivity contribution in [1.29, 1.82) is 0 Å². The first-order valence-corrected chi connectivity index (χ1v) is 13.1. The second-order valence-corrected chi connectivity index (χ2v) is 9.50. The van der Waals surface area contributed by atoms with E-state index in [9.17, 15) is 14.4 Å². The Balaban J connectivity index is 1.80. The van der Waals surface area contributed by atoms with Crippen molar-refractivity contribution in [2.45, 2.75) is 20.4 Å². The van der Waals surface area contributed by atoms with Gasteiger partial charge < -0.3 is 23.7 Å². The van der Waals surface area contributed by atoms with E-state index in [2.05, 4.69) is 15.9 Å². The molecule has 1 aliphatic heterocycles. The number of methoxy groups -OCH3 is 1. The lowest BCUT2D eigenvalue weighted by Crippen LogP contribution is -2.35. The predicted octanol–water partition coefficient (Wildman–Crippen LogP) is 4.51. The second kappa shape index (κ2) is 11.8. The molecule has 0 aliphatic carbocycles. The van der Waals surface area contributed by atoms with E-state index in [4.69, 9.17) is 26.4 Å². The van der Waals surface area contributed by atoms with Gasteiger partial charge in [0.15, 0.2) is 5.11 Å². The molecule has 2 heterocycles. The summed E-state index contributed by atoms with van der Waals surface area (Å²) in [5.41, 5.74) is 2.18. The van der Waals surface area contributed by atoms with Gasteiger partial charge in [0, 0.05) is 27.1 Å². The van der Waals surface area contributed by atoms with Crippen LogP contribution in [0.3, 0.4) is 0 Å². The van der Waals surface area contributed by atoms with Gasteiger partial charge in [0.25, 0.3) is 5.91 Å². The van der Waals surface area contributed by atoms with Crippen LogP contribution in [0.2, 0.25) is 0 Å². The molecule has 2 aromatic carbocycles. The number of carbonyl (C=O) groups excluding carboxylic acids is 3. The Bertz CT molecular complexity index is 1430. The minimum atomic E-state index is -0.549. The first-order chi connectivity index (χ1) is 18.3. The number of hydrogen-bond acceptors (Lipinski definition) is 7. The fourth-order valence-electron chi connectivity index (χ4n) is 4.15. The molecule has 0 saturated carbocycles. The molecule has 1 aliphatic rings. The molecule has 38 heavy (non-hydrogen) atoms. The topological polar surface area (TPSA) is 90.3 Å². The zero-order chi connectivity index (χ0) is 27.4. The van der Waals surface area contributed by atoms with E-state index in [1.807, 2.05) is 25.1 Å². The van der Waals surface area contributed by atoms with Crippen molar-refractivity contribution in [3.05, 3.63) is 64.4 Å². The summed E-state index contributed by atoms with van der Waals surface area (Å²) in [6.45, 7) is 4.18. The molecule has 0 unspecified atom stereocenters. The average molecular weight is 600 g/mol. The Morgan fingerprint density at radius 2 is 1.76 bits per heavy atom. The van der Waals surface area contributed by atoms with Gasteiger partial charge in [0.1, 0.15) is 24.5 Å². The third kappa shape index (κ3) is 5.58. The maximum atomic E-state index is 13.7. The van der Waals surface area contributed by atoms with Crippen LogP contribution in [0.4, 0.5) is 5.69 Å². The van der Waals surface area contributed by atoms with Gasteiger partial charge in [-0.2, -0.15) is 0 Å². The highest BCUT2D eigenvalue weighted by Crippen LogP contribution is 2.33. The fraction of sp³-hybridized carbons (Fsp3) is 0.259. The smallest absolute Gasteiger partial charge is 0.325 e. The van der Waals surface area contributed by atoms with Crippen molar-refractivity contribution in [3.63, 3.8) is 0 Å². The van der Waals surface area contributed by atoms with Crippen molar-refractivity contribution in [2.24, 2.45) is 0 Å². The summed E-state index contributed by atoms with van der Waals surface area (Å²) in [7, 11) is 1.28. The lowest BCUT2D eigenvalue weighted by Gasteiger charge is -2.19. The largest absolute Gasteiger partial charge is 0.494 e. The lowest BCUT2D eigenvalue weighted by atomic mass is 10.1. The van der Waals surface area contributed by atoms with Crippen molar-refractivity contribution >= 4 is 73.8 Å². The molecule has 9 nitrogen and oxygen atoms in total. The van der Waals surface area contributed by atoms with Gasteiger partial charge in [-0.25, -0.2) is 0 Å². The van der Waals surface area contributed by atoms with Crippen LogP contribution in [0.15, 0.2) is 58.8 Å². The molecule has 0 bridgehead atoms. The van der Waals surface area contributed by atoms with Gasteiger partial charge >= 0.3 is 11.9 Å². The van der Waals surface area contributed by atoms with Gasteiger partial charge in [0.2, 0.25) is 0 Å². The van der Waals surface area contributed by atoms with Crippen LogP contribution in [-0.4, -0.2) is 59.3 Å². The fourth-order valence-corrected chi connectivity index (χ4v) is 4.86. The number of benzene rings is 2. The Morgan fingerprint density at radius 3 is 2.42 bits per heavy atom. The predicted molar refractivity (Wildman–Crippen MR) is 151 cm³/mol. The van der Waals surface area contributed by atoms with Crippen molar-refractivity contribution in [1.82, 2.24) is 9.47 Å². The molecule has 1 aromatic heterocycles. The van der Waals surface area contributed by atoms with E-state index < -0.39 is 11.9 Å². The van der Waals surface area contributed by atoms with Crippen molar-refractivity contribution < 1.29 is 28.6 Å². The number of hydrogen-bond donors (Lipinski definition) is 0. The number of aromatic nitrogens is 1. The van der Waals surface area contributed by atoms with E-state index in [1.54, 1.807) is 48.0 Å². The minimum absolute atomic E-state index is 0.00564. The number of nitrogens with zero attached hydrogens (tertiary/aromatic N) is 3. The summed E-state index contributed by atoms with van der Waals surface area (Å²) in [6.07, 6.45) is 3.44. The molecule has 3 aromatic rings. The number of thiocarbonyl (C=S) groups is 1. The summed E-state index contributed by atoms with van der Waals surface area (Å²) in [5, 5.41) is 0.944. The number of halogens is 1. The Hall–Kier alpha value is -3.70. The molecule has 0 N–H and O–H groups in total. The number of fused-ring (bicyclic) bond motifs is 1. The Labute approximate surface area is 233 Å². The summed E-state index contributed by atoms with van der Waals surface area (Å²) in [4.78, 5) is 41.1. The Kier molecular flexibility index (Phi) is 8.48. The van der Waals surface area contributed by atoms with Crippen LogP contribution < -0.4 is 9.64 Å². The SMILES string of the molecule is CCOC(=O)Cn1cc(/C=C2/C(=O)N(c3ccc(OCC)cc3)C(=S)N2CC(=O)OC)c2cc(Br)ccc21. The van der Waals surface area contributed by atoms with E-state index in [-0.39, 0.29) is 36.5 Å². The number of esters is 2. The zero-order valence-corrected chi connectivity index (χ0v) is 23.5. The molecule has 0 radical (unpaired) electrons. The lowest BCUT2D eigenvalue weighted by molar-refractivity contribution is -0.144. The first kappa shape index (κ1) is 27.3. The number of carbonyl (C=O) groups is 3. The molecule has 11 heteroatoms. The maximum absolute atomic E-state index is 13.7. The summed E-state index contributed by atoms with van der Waals surface area (Å²) in [5.74, 6) is -0.661. The van der Waals surface area contributed by atoms with E-state index in [0.29, 0.717) is 23.6 Å². The van der Waals surface area contributed by atoms with Crippen LogP contribution in [0.5, 0.6) is 5.75 Å². The average Bonchev–Trinajstić information content (AvgIpc) is 3.33. The molecular weight excluding hydrogens is 574 g/mol. The van der Waals surface area contributed by atoms with E-state index in [0.717, 1.165) is 15.4 Å². The summed E-state index contributed by atoms with van der Waals surface area (Å²) >= 11 is 9.15. The van der Waals surface area contributed by atoms with Crippen LogP contribution in [0.1, 0.15) is 19.4 Å². The molecule has 1 saturated heterocycles. The third-order valence-corrected chi connectivity index (χ3v) is 6.72. The minimum Gasteiger partial charge on any atom is -0.494 e. The number of ether oxygens (including phenoxy) is 3. The van der Waals surface area contributed by atoms with Crippen LogP contribution in [-0.2, 0) is 30.4 Å². The van der Waals surface area contributed by atoms with Crippen LogP contribution in [0, 0.1) is 0 Å². The van der Waals surface area contributed by atoms with E-state index in [1.165, 1.54) is 16.9 Å². The molecule has 1 amide bonds. The van der Waals surface area contributed by atoms with E-state index >= 15 is 0 Å². The maximum Gasteiger partial charge on any atom is 0.325 e. The highest BCUT2D eigenvalue weighted by molar-refractivity contribution is 9.10. The van der Waals surface area contributed by atoms with Crippen molar-refractivity contribution in [2.75, 3.05) is 31.8 Å². The molecule has 198 valence electrons. The molecule has 1 fully saturated rings. The van der Waals surface area contributed by atoms with Crippen LogP contribution in [0.25, 0.3) is 17.0 Å². The zero-order valence-electron chi connectivity index (χ0n) is 21.1. The number of anilines is 1. The molecule has 4 rings (SSSR count). The summed E-state index contributed by atoms with van der Waals surface area (Å²) in [6, 6.07) is 12.6. The van der Waals surface area contributed by atoms with Crippen molar-refractivity contribution in [3.8, 4) is 5.75 Å².